The molecule has 0 unspecified atom stereocenters. The van der Waals surface area contributed by atoms with Gasteiger partial charge in [0.2, 0.25) is 0 Å². The fourth-order valence-corrected chi connectivity index (χ4v) is 1.12. The zero-order valence-electron chi connectivity index (χ0n) is 8.47. The minimum atomic E-state index is -0.349. The maximum atomic E-state index is 11.1. The predicted molar refractivity (Wildman–Crippen MR) is 61.0 cm³/mol. The van der Waals surface area contributed by atoms with Crippen molar-refractivity contribution in [3.63, 3.8) is 0 Å². The summed E-state index contributed by atoms with van der Waals surface area (Å²) in [5.41, 5.74) is 12.6. The number of methoxy groups -OCH3 is 1. The molecule has 84 valence electrons. The molecule has 0 bridgehead atoms. The van der Waals surface area contributed by atoms with E-state index < -0.39 is 0 Å². The summed E-state index contributed by atoms with van der Waals surface area (Å²) in [5, 5.41) is 0. The van der Waals surface area contributed by atoms with Crippen molar-refractivity contribution in [2.24, 2.45) is 11.5 Å². The van der Waals surface area contributed by atoms with Gasteiger partial charge in [-0.1, -0.05) is 12.1 Å². The molecule has 15 heavy (non-hydrogen) atoms. The number of carbonyl (C=O) groups excluding carboxylic acids is 1. The Morgan fingerprint density at radius 2 is 1.93 bits per heavy atom. The van der Waals surface area contributed by atoms with E-state index in [1.54, 1.807) is 24.3 Å². The lowest BCUT2D eigenvalue weighted by atomic mass is 10.1. The van der Waals surface area contributed by atoms with E-state index in [2.05, 4.69) is 4.74 Å². The van der Waals surface area contributed by atoms with Crippen LogP contribution in [0.1, 0.15) is 22.0 Å². The number of benzene rings is 1. The Morgan fingerprint density at radius 3 is 2.33 bits per heavy atom. The maximum absolute atomic E-state index is 11.1. The number of rotatable bonds is 3. The predicted octanol–water partition coefficient (Wildman–Crippen LogP) is 0.853. The Hall–Kier alpha value is -1.10. The van der Waals surface area contributed by atoms with Crippen molar-refractivity contribution in [2.75, 3.05) is 13.7 Å². The summed E-state index contributed by atoms with van der Waals surface area (Å²) in [6, 6.07) is 6.74. The second kappa shape index (κ2) is 6.40. The fraction of sp³-hybridized carbons (Fsp3) is 0.300. The van der Waals surface area contributed by atoms with Crippen LogP contribution in [-0.4, -0.2) is 19.6 Å². The molecule has 0 radical (unpaired) electrons. The van der Waals surface area contributed by atoms with Crippen molar-refractivity contribution in [3.05, 3.63) is 35.4 Å². The molecule has 5 heteroatoms. The Bertz CT molecular complexity index is 314. The molecule has 1 atom stereocenters. The van der Waals surface area contributed by atoms with Gasteiger partial charge in [-0.2, -0.15) is 0 Å². The SMILES string of the molecule is COC(=O)c1ccc([C@H](N)CN)cc1.Cl. The largest absolute Gasteiger partial charge is 0.465 e. The van der Waals surface area contributed by atoms with E-state index in [1.807, 2.05) is 0 Å². The number of hydrogen-bond acceptors (Lipinski definition) is 4. The summed E-state index contributed by atoms with van der Waals surface area (Å²) in [4.78, 5) is 11.1. The summed E-state index contributed by atoms with van der Waals surface area (Å²) >= 11 is 0. The minimum absolute atomic E-state index is 0. The Labute approximate surface area is 95.0 Å². The van der Waals surface area contributed by atoms with Crippen LogP contribution in [-0.2, 0) is 4.74 Å². The molecule has 1 aromatic rings. The molecule has 0 spiro atoms. The van der Waals surface area contributed by atoms with Crippen LogP contribution in [0.2, 0.25) is 0 Å². The third-order valence-corrected chi connectivity index (χ3v) is 2.01. The monoisotopic (exact) mass is 230 g/mol. The lowest BCUT2D eigenvalue weighted by Gasteiger charge is -2.08. The van der Waals surface area contributed by atoms with Crippen LogP contribution in [0.3, 0.4) is 0 Å². The van der Waals surface area contributed by atoms with Gasteiger partial charge in [0.1, 0.15) is 0 Å². The summed E-state index contributed by atoms with van der Waals surface area (Å²) in [5.74, 6) is -0.349. The number of ether oxygens (including phenoxy) is 1. The number of carbonyl (C=O) groups is 1. The number of halogens is 1. The van der Waals surface area contributed by atoms with E-state index in [9.17, 15) is 4.79 Å². The molecular weight excluding hydrogens is 216 g/mol. The highest BCUT2D eigenvalue weighted by Crippen LogP contribution is 2.11. The standard InChI is InChI=1S/C10H14N2O2.ClH/c1-14-10(13)8-4-2-7(3-5-8)9(12)6-11;/h2-5,9H,6,11-12H2,1H3;1H/t9-;/m1./s1. The van der Waals surface area contributed by atoms with E-state index in [-0.39, 0.29) is 24.4 Å². The van der Waals surface area contributed by atoms with Gasteiger partial charge in [0.15, 0.2) is 0 Å². The molecule has 0 aliphatic rings. The molecule has 0 aromatic heterocycles. The second-order valence-electron chi connectivity index (χ2n) is 2.96. The van der Waals surface area contributed by atoms with Crippen LogP contribution >= 0.6 is 12.4 Å². The molecule has 1 rings (SSSR count). The van der Waals surface area contributed by atoms with Crippen molar-refractivity contribution in [2.45, 2.75) is 6.04 Å². The average Bonchev–Trinajstić information content (AvgIpc) is 2.27. The molecule has 4 N–H and O–H groups in total. The summed E-state index contributed by atoms with van der Waals surface area (Å²) in [6.07, 6.45) is 0. The molecule has 0 heterocycles. The van der Waals surface area contributed by atoms with E-state index >= 15 is 0 Å². The molecule has 0 aliphatic carbocycles. The first kappa shape index (κ1) is 13.9. The molecule has 0 fully saturated rings. The number of esters is 1. The Balaban J connectivity index is 0.00000196. The highest BCUT2D eigenvalue weighted by molar-refractivity contribution is 5.89. The van der Waals surface area contributed by atoms with Crippen LogP contribution in [0, 0.1) is 0 Å². The molecule has 0 saturated heterocycles. The van der Waals surface area contributed by atoms with Crippen LogP contribution < -0.4 is 11.5 Å². The first-order chi connectivity index (χ1) is 6.69. The average molecular weight is 231 g/mol. The molecule has 0 aliphatic heterocycles. The zero-order chi connectivity index (χ0) is 10.6. The van der Waals surface area contributed by atoms with Crippen LogP contribution in [0.25, 0.3) is 0 Å². The van der Waals surface area contributed by atoms with Gasteiger partial charge in [-0.05, 0) is 17.7 Å². The Kier molecular flexibility index (Phi) is 5.93. The lowest BCUT2D eigenvalue weighted by Crippen LogP contribution is -2.20. The molecule has 0 saturated carbocycles. The van der Waals surface area contributed by atoms with Gasteiger partial charge < -0.3 is 16.2 Å². The van der Waals surface area contributed by atoms with Gasteiger partial charge in [0.05, 0.1) is 12.7 Å². The van der Waals surface area contributed by atoms with Crippen LogP contribution in [0.15, 0.2) is 24.3 Å². The minimum Gasteiger partial charge on any atom is -0.465 e. The van der Waals surface area contributed by atoms with Gasteiger partial charge in [-0.25, -0.2) is 4.79 Å². The van der Waals surface area contributed by atoms with Gasteiger partial charge in [0.25, 0.3) is 0 Å². The van der Waals surface area contributed by atoms with Gasteiger partial charge in [-0.3, -0.25) is 0 Å². The van der Waals surface area contributed by atoms with Crippen molar-refractivity contribution >= 4 is 18.4 Å². The maximum Gasteiger partial charge on any atom is 0.337 e. The van der Waals surface area contributed by atoms with Gasteiger partial charge in [0, 0.05) is 12.6 Å². The first-order valence-electron chi connectivity index (χ1n) is 4.33. The third kappa shape index (κ3) is 3.51. The van der Waals surface area contributed by atoms with Gasteiger partial charge in [-0.15, -0.1) is 12.4 Å². The zero-order valence-corrected chi connectivity index (χ0v) is 9.29. The Morgan fingerprint density at radius 1 is 1.40 bits per heavy atom. The van der Waals surface area contributed by atoms with Crippen molar-refractivity contribution < 1.29 is 9.53 Å². The van der Waals surface area contributed by atoms with E-state index in [0.29, 0.717) is 12.1 Å². The summed E-state index contributed by atoms with van der Waals surface area (Å²) in [6.45, 7) is 0.386. The van der Waals surface area contributed by atoms with E-state index in [4.69, 9.17) is 11.5 Å². The summed E-state index contributed by atoms with van der Waals surface area (Å²) in [7, 11) is 1.35. The second-order valence-corrected chi connectivity index (χ2v) is 2.96. The van der Waals surface area contributed by atoms with Crippen molar-refractivity contribution in [1.29, 1.82) is 0 Å². The number of nitrogens with two attached hydrogens (primary N) is 2. The molecule has 4 nitrogen and oxygen atoms in total. The summed E-state index contributed by atoms with van der Waals surface area (Å²) < 4.78 is 4.57. The first-order valence-corrected chi connectivity index (χ1v) is 4.33. The third-order valence-electron chi connectivity index (χ3n) is 2.01. The fourth-order valence-electron chi connectivity index (χ4n) is 1.12. The molecule has 1 aromatic carbocycles. The van der Waals surface area contributed by atoms with Crippen LogP contribution in [0.5, 0.6) is 0 Å². The smallest absolute Gasteiger partial charge is 0.337 e. The van der Waals surface area contributed by atoms with Crippen molar-refractivity contribution in [3.8, 4) is 0 Å². The highest BCUT2D eigenvalue weighted by Gasteiger charge is 2.07. The van der Waals surface area contributed by atoms with Crippen LogP contribution in [0.4, 0.5) is 0 Å². The molecule has 0 amide bonds. The lowest BCUT2D eigenvalue weighted by molar-refractivity contribution is 0.0600. The topological polar surface area (TPSA) is 78.3 Å². The highest BCUT2D eigenvalue weighted by atomic mass is 35.5. The quantitative estimate of drug-likeness (QED) is 0.755. The van der Waals surface area contributed by atoms with E-state index in [1.165, 1.54) is 7.11 Å². The van der Waals surface area contributed by atoms with Gasteiger partial charge >= 0.3 is 5.97 Å². The normalized spacial score (nSPS) is 11.4. The van der Waals surface area contributed by atoms with Crippen molar-refractivity contribution in [1.82, 2.24) is 0 Å². The number of hydrogen-bond donors (Lipinski definition) is 2. The van der Waals surface area contributed by atoms with E-state index in [0.717, 1.165) is 5.56 Å². The molecular formula is C10H15ClN2O2.